The summed E-state index contributed by atoms with van der Waals surface area (Å²) in [5, 5.41) is 15.5. The van der Waals surface area contributed by atoms with E-state index < -0.39 is 35.7 Å². The van der Waals surface area contributed by atoms with Gasteiger partial charge in [0.1, 0.15) is 23.4 Å². The number of hydrogen-bond donors (Lipinski definition) is 3. The van der Waals surface area contributed by atoms with Crippen molar-refractivity contribution < 1.29 is 24.2 Å². The number of ether oxygens (including phenoxy) is 1. The zero-order chi connectivity index (χ0) is 30.2. The molecule has 0 spiro atoms. The minimum Gasteiger partial charge on any atom is -0.508 e. The van der Waals surface area contributed by atoms with Gasteiger partial charge < -0.3 is 25.4 Å². The Hall–Kier alpha value is -4.33. The Bertz CT molecular complexity index is 1320. The fourth-order valence-electron chi connectivity index (χ4n) is 4.57. The second-order valence-corrected chi connectivity index (χ2v) is 11.4. The standard InChI is InChI=1S/C33H41N3O5/c1-22(2)36(29(27-15-11-10-12-23(27)3)30(38)34-21-25-13-8-7-9-14-25)31(39)28(35-32(40)41-33(4,5)6)20-24-16-18-26(37)19-17-24/h7-19,22,28-29,37H,20-21H2,1-6H3,(H,34,38)(H,35,40). The first-order valence-corrected chi connectivity index (χ1v) is 13.8. The third-order valence-electron chi connectivity index (χ3n) is 6.50. The zero-order valence-corrected chi connectivity index (χ0v) is 24.7. The Morgan fingerprint density at radius 3 is 2.07 bits per heavy atom. The highest BCUT2D eigenvalue weighted by molar-refractivity contribution is 5.92. The average Bonchev–Trinajstić information content (AvgIpc) is 2.90. The Balaban J connectivity index is 2.01. The molecule has 3 aromatic carbocycles. The maximum atomic E-state index is 14.4. The molecular formula is C33H41N3O5. The molecule has 3 aromatic rings. The Morgan fingerprint density at radius 1 is 0.878 bits per heavy atom. The Labute approximate surface area is 242 Å². The summed E-state index contributed by atoms with van der Waals surface area (Å²) in [5.74, 6) is -0.664. The van der Waals surface area contributed by atoms with Crippen LogP contribution in [0.3, 0.4) is 0 Å². The summed E-state index contributed by atoms with van der Waals surface area (Å²) >= 11 is 0. The van der Waals surface area contributed by atoms with Crippen LogP contribution in [0.5, 0.6) is 5.75 Å². The lowest BCUT2D eigenvalue weighted by Crippen LogP contribution is -2.55. The molecule has 0 saturated heterocycles. The molecule has 0 fully saturated rings. The van der Waals surface area contributed by atoms with Gasteiger partial charge in [-0.1, -0.05) is 66.7 Å². The molecule has 0 aliphatic rings. The molecule has 0 aliphatic heterocycles. The number of phenols is 1. The van der Waals surface area contributed by atoms with Crippen molar-refractivity contribution in [2.45, 2.75) is 78.2 Å². The van der Waals surface area contributed by atoms with Gasteiger partial charge in [-0.25, -0.2) is 4.79 Å². The summed E-state index contributed by atoms with van der Waals surface area (Å²) in [7, 11) is 0. The van der Waals surface area contributed by atoms with Crippen LogP contribution in [0.25, 0.3) is 0 Å². The van der Waals surface area contributed by atoms with Crippen LogP contribution in [0.1, 0.15) is 62.9 Å². The molecule has 2 atom stereocenters. The fourth-order valence-corrected chi connectivity index (χ4v) is 4.57. The molecule has 8 nitrogen and oxygen atoms in total. The van der Waals surface area contributed by atoms with E-state index in [9.17, 15) is 19.5 Å². The number of hydrogen-bond acceptors (Lipinski definition) is 5. The van der Waals surface area contributed by atoms with Gasteiger partial charge in [0.15, 0.2) is 0 Å². The van der Waals surface area contributed by atoms with Gasteiger partial charge in [0, 0.05) is 19.0 Å². The molecule has 3 N–H and O–H groups in total. The molecule has 0 aromatic heterocycles. The minimum atomic E-state index is -1.04. The van der Waals surface area contributed by atoms with Crippen molar-refractivity contribution in [2.24, 2.45) is 0 Å². The average molecular weight is 560 g/mol. The van der Waals surface area contributed by atoms with Crippen molar-refractivity contribution in [3.63, 3.8) is 0 Å². The number of benzene rings is 3. The van der Waals surface area contributed by atoms with Crippen LogP contribution in [-0.2, 0) is 27.3 Å². The van der Waals surface area contributed by atoms with E-state index in [4.69, 9.17) is 4.74 Å². The SMILES string of the molecule is Cc1ccccc1C(C(=O)NCc1ccccc1)N(C(=O)C(Cc1ccc(O)cc1)NC(=O)OC(C)(C)C)C(C)C. The number of carbonyl (C=O) groups excluding carboxylic acids is 3. The van der Waals surface area contributed by atoms with Crippen molar-refractivity contribution in [1.29, 1.82) is 0 Å². The van der Waals surface area contributed by atoms with E-state index in [0.29, 0.717) is 12.1 Å². The highest BCUT2D eigenvalue weighted by atomic mass is 16.6. The molecule has 0 saturated carbocycles. The maximum absolute atomic E-state index is 14.4. The highest BCUT2D eigenvalue weighted by Crippen LogP contribution is 2.28. The second-order valence-electron chi connectivity index (χ2n) is 11.4. The Kier molecular flexibility index (Phi) is 10.5. The van der Waals surface area contributed by atoms with E-state index in [1.165, 1.54) is 17.0 Å². The number of nitrogens with zero attached hydrogens (tertiary/aromatic N) is 1. The van der Waals surface area contributed by atoms with Gasteiger partial charge in [-0.05, 0) is 75.9 Å². The van der Waals surface area contributed by atoms with E-state index in [-0.39, 0.29) is 18.1 Å². The Morgan fingerprint density at radius 2 is 1.49 bits per heavy atom. The monoisotopic (exact) mass is 559 g/mol. The summed E-state index contributed by atoms with van der Waals surface area (Å²) in [6, 6.07) is 21.1. The van der Waals surface area contributed by atoms with Crippen molar-refractivity contribution in [3.05, 3.63) is 101 Å². The van der Waals surface area contributed by atoms with Crippen molar-refractivity contribution in [3.8, 4) is 5.75 Å². The lowest BCUT2D eigenvalue weighted by molar-refractivity contribution is -0.144. The summed E-state index contributed by atoms with van der Waals surface area (Å²) in [6.07, 6.45) is -0.604. The molecule has 3 amide bonds. The third kappa shape index (κ3) is 9.10. The number of amides is 3. The van der Waals surface area contributed by atoms with Gasteiger partial charge in [0.2, 0.25) is 11.8 Å². The van der Waals surface area contributed by atoms with Crippen LogP contribution in [-0.4, -0.2) is 45.6 Å². The largest absolute Gasteiger partial charge is 0.508 e. The van der Waals surface area contributed by atoms with Gasteiger partial charge in [-0.15, -0.1) is 0 Å². The minimum absolute atomic E-state index is 0.0928. The topological polar surface area (TPSA) is 108 Å². The normalized spacial score (nSPS) is 12.8. The molecule has 8 heteroatoms. The van der Waals surface area contributed by atoms with E-state index >= 15 is 0 Å². The van der Waals surface area contributed by atoms with Crippen molar-refractivity contribution in [1.82, 2.24) is 15.5 Å². The maximum Gasteiger partial charge on any atom is 0.408 e. The molecule has 0 aliphatic carbocycles. The molecule has 0 bridgehead atoms. The predicted molar refractivity (Wildman–Crippen MR) is 159 cm³/mol. The number of alkyl carbamates (subject to hydrolysis) is 1. The van der Waals surface area contributed by atoms with Crippen molar-refractivity contribution in [2.75, 3.05) is 0 Å². The van der Waals surface area contributed by atoms with Crippen LogP contribution in [0.15, 0.2) is 78.9 Å². The summed E-state index contributed by atoms with van der Waals surface area (Å²) in [6.45, 7) is 11.1. The van der Waals surface area contributed by atoms with E-state index in [2.05, 4.69) is 10.6 Å². The highest BCUT2D eigenvalue weighted by Gasteiger charge is 2.38. The molecule has 3 rings (SSSR count). The number of rotatable bonds is 10. The van der Waals surface area contributed by atoms with Gasteiger partial charge >= 0.3 is 6.09 Å². The fraction of sp³-hybridized carbons (Fsp3) is 0.364. The molecule has 2 unspecified atom stereocenters. The van der Waals surface area contributed by atoms with Crippen LogP contribution < -0.4 is 10.6 Å². The van der Waals surface area contributed by atoms with Gasteiger partial charge in [0.05, 0.1) is 0 Å². The predicted octanol–water partition coefficient (Wildman–Crippen LogP) is 5.43. The number of phenolic OH excluding ortho intramolecular Hbond substituents is 1. The summed E-state index contributed by atoms with van der Waals surface area (Å²) in [5.41, 5.74) is 2.45. The second kappa shape index (κ2) is 13.8. The van der Waals surface area contributed by atoms with Crippen LogP contribution in [0.2, 0.25) is 0 Å². The van der Waals surface area contributed by atoms with Gasteiger partial charge in [0.25, 0.3) is 0 Å². The number of carbonyl (C=O) groups is 3. The van der Waals surface area contributed by atoms with Crippen LogP contribution >= 0.6 is 0 Å². The molecule has 41 heavy (non-hydrogen) atoms. The first-order chi connectivity index (χ1) is 19.4. The quantitative estimate of drug-likeness (QED) is 0.307. The molecule has 218 valence electrons. The van der Waals surface area contributed by atoms with E-state index in [1.54, 1.807) is 32.9 Å². The molecule has 0 heterocycles. The lowest BCUT2D eigenvalue weighted by Gasteiger charge is -2.37. The first-order valence-electron chi connectivity index (χ1n) is 13.8. The molecule has 0 radical (unpaired) electrons. The lowest BCUT2D eigenvalue weighted by atomic mass is 9.96. The molecular weight excluding hydrogens is 518 g/mol. The third-order valence-corrected chi connectivity index (χ3v) is 6.50. The number of aryl methyl sites for hydroxylation is 1. The summed E-state index contributed by atoms with van der Waals surface area (Å²) < 4.78 is 5.47. The van der Waals surface area contributed by atoms with E-state index in [0.717, 1.165) is 16.7 Å². The number of nitrogens with one attached hydrogen (secondary N) is 2. The van der Waals surface area contributed by atoms with Crippen LogP contribution in [0.4, 0.5) is 4.79 Å². The summed E-state index contributed by atoms with van der Waals surface area (Å²) in [4.78, 5) is 42.7. The van der Waals surface area contributed by atoms with E-state index in [1.807, 2.05) is 75.4 Å². The zero-order valence-electron chi connectivity index (χ0n) is 24.7. The smallest absolute Gasteiger partial charge is 0.408 e. The van der Waals surface area contributed by atoms with Gasteiger partial charge in [-0.3, -0.25) is 9.59 Å². The number of aromatic hydroxyl groups is 1. The van der Waals surface area contributed by atoms with Crippen molar-refractivity contribution >= 4 is 17.9 Å². The first kappa shape index (κ1) is 31.2. The van der Waals surface area contributed by atoms with Crippen LogP contribution in [0, 0.1) is 6.92 Å². The van der Waals surface area contributed by atoms with Gasteiger partial charge in [-0.2, -0.15) is 0 Å².